The number of anilines is 1. The fourth-order valence-electron chi connectivity index (χ4n) is 3.72. The number of carbonyl (C=O) groups is 2. The Morgan fingerprint density at radius 2 is 1.61 bits per heavy atom. The quantitative estimate of drug-likeness (QED) is 0.351. The van der Waals surface area contributed by atoms with Crippen LogP contribution in [0.15, 0.2) is 82.2 Å². The van der Waals surface area contributed by atoms with E-state index in [0.717, 1.165) is 26.5 Å². The Balaban J connectivity index is 2.00. The first-order valence-electron chi connectivity index (χ1n) is 11.8. The Kier molecular flexibility index (Phi) is 9.87. The maximum atomic E-state index is 13.7. The van der Waals surface area contributed by atoms with Gasteiger partial charge in [0.25, 0.3) is 10.0 Å². The molecule has 1 N–H and O–H groups in total. The highest BCUT2D eigenvalue weighted by molar-refractivity contribution is 9.10. The lowest BCUT2D eigenvalue weighted by molar-refractivity contribution is -0.139. The predicted molar refractivity (Wildman–Crippen MR) is 147 cm³/mol. The largest absolute Gasteiger partial charge is 0.494 e. The fraction of sp³-hybridized carbons (Fsp3) is 0.259. The zero-order valence-electron chi connectivity index (χ0n) is 21.2. The average Bonchev–Trinajstić information content (AvgIpc) is 2.91. The van der Waals surface area contributed by atoms with Crippen molar-refractivity contribution in [2.75, 3.05) is 24.5 Å². The topological polar surface area (TPSA) is 96.0 Å². The Morgan fingerprint density at radius 3 is 2.16 bits per heavy atom. The number of hydrogen-bond acceptors (Lipinski definition) is 5. The number of nitrogens with zero attached hydrogens (tertiary/aromatic N) is 2. The van der Waals surface area contributed by atoms with Gasteiger partial charge in [0.1, 0.15) is 24.2 Å². The van der Waals surface area contributed by atoms with Gasteiger partial charge in [-0.3, -0.25) is 13.9 Å². The summed E-state index contributed by atoms with van der Waals surface area (Å²) in [5.74, 6) is -1.07. The molecule has 0 saturated heterocycles. The third-order valence-corrected chi connectivity index (χ3v) is 8.11. The maximum absolute atomic E-state index is 13.7. The minimum absolute atomic E-state index is 0.0705. The minimum atomic E-state index is -4.26. The molecule has 0 aliphatic rings. The van der Waals surface area contributed by atoms with Gasteiger partial charge in [0.05, 0.1) is 17.2 Å². The van der Waals surface area contributed by atoms with Gasteiger partial charge >= 0.3 is 0 Å². The van der Waals surface area contributed by atoms with Crippen molar-refractivity contribution in [3.8, 4) is 5.75 Å². The first-order chi connectivity index (χ1) is 18.1. The third kappa shape index (κ3) is 7.11. The monoisotopic (exact) mass is 605 g/mol. The Morgan fingerprint density at radius 1 is 1.00 bits per heavy atom. The zero-order valence-corrected chi connectivity index (χ0v) is 23.6. The van der Waals surface area contributed by atoms with Crippen molar-refractivity contribution in [2.24, 2.45) is 0 Å². The summed E-state index contributed by atoms with van der Waals surface area (Å²) in [6.45, 7) is 3.26. The SMILES string of the molecule is CCOc1ccc(S(=O)(=O)N(CC(=O)N(Cc2ccc(Br)cc2)[C@H](C)C(=O)NC)c2ccc(F)cc2)cc1. The number of rotatable bonds is 11. The Hall–Kier alpha value is -3.44. The van der Waals surface area contributed by atoms with E-state index in [9.17, 15) is 22.4 Å². The lowest BCUT2D eigenvalue weighted by atomic mass is 10.1. The first kappa shape index (κ1) is 29.1. The second-order valence-electron chi connectivity index (χ2n) is 8.33. The Labute approximate surface area is 230 Å². The number of likely N-dealkylation sites (N-methyl/N-ethyl adjacent to an activating group) is 1. The van der Waals surface area contributed by atoms with E-state index in [1.807, 2.05) is 19.1 Å². The van der Waals surface area contributed by atoms with Gasteiger partial charge in [-0.15, -0.1) is 0 Å². The molecule has 0 bridgehead atoms. The molecule has 0 aliphatic heterocycles. The van der Waals surface area contributed by atoms with E-state index in [4.69, 9.17) is 4.74 Å². The number of sulfonamides is 1. The number of halogens is 2. The van der Waals surface area contributed by atoms with Crippen LogP contribution in [0.4, 0.5) is 10.1 Å². The summed E-state index contributed by atoms with van der Waals surface area (Å²) in [7, 11) is -2.80. The number of amides is 2. The summed E-state index contributed by atoms with van der Waals surface area (Å²) in [5.41, 5.74) is 0.852. The fourth-order valence-corrected chi connectivity index (χ4v) is 5.39. The number of ether oxygens (including phenoxy) is 1. The molecule has 2 amide bonds. The van der Waals surface area contributed by atoms with E-state index in [-0.39, 0.29) is 17.1 Å². The van der Waals surface area contributed by atoms with Gasteiger partial charge in [-0.1, -0.05) is 28.1 Å². The lowest BCUT2D eigenvalue weighted by Crippen LogP contribution is -2.50. The van der Waals surface area contributed by atoms with Crippen molar-refractivity contribution >= 4 is 43.5 Å². The molecular weight excluding hydrogens is 577 g/mol. The molecule has 0 radical (unpaired) electrons. The second kappa shape index (κ2) is 12.9. The van der Waals surface area contributed by atoms with Crippen LogP contribution in [0.2, 0.25) is 0 Å². The molecule has 1 atom stereocenters. The van der Waals surface area contributed by atoms with E-state index in [1.165, 1.54) is 48.3 Å². The molecule has 0 aliphatic carbocycles. The molecule has 0 saturated carbocycles. The molecule has 3 aromatic rings. The summed E-state index contributed by atoms with van der Waals surface area (Å²) >= 11 is 3.37. The highest BCUT2D eigenvalue weighted by Gasteiger charge is 2.32. The summed E-state index contributed by atoms with van der Waals surface area (Å²) in [6, 6.07) is 17.0. The Bertz CT molecular complexity index is 1350. The number of benzene rings is 3. The molecule has 38 heavy (non-hydrogen) atoms. The third-order valence-electron chi connectivity index (χ3n) is 5.80. The normalized spacial score (nSPS) is 11.9. The maximum Gasteiger partial charge on any atom is 0.264 e. The van der Waals surface area contributed by atoms with Crippen molar-refractivity contribution in [1.29, 1.82) is 0 Å². The van der Waals surface area contributed by atoms with E-state index in [1.54, 1.807) is 19.1 Å². The summed E-state index contributed by atoms with van der Waals surface area (Å²) in [5, 5.41) is 2.53. The average molecular weight is 607 g/mol. The van der Waals surface area contributed by atoms with Crippen molar-refractivity contribution in [3.63, 3.8) is 0 Å². The van der Waals surface area contributed by atoms with Crippen molar-refractivity contribution in [1.82, 2.24) is 10.2 Å². The highest BCUT2D eigenvalue weighted by atomic mass is 79.9. The summed E-state index contributed by atoms with van der Waals surface area (Å²) < 4.78 is 48.3. The van der Waals surface area contributed by atoms with Crippen LogP contribution >= 0.6 is 15.9 Å². The van der Waals surface area contributed by atoms with Crippen molar-refractivity contribution in [3.05, 3.63) is 88.6 Å². The van der Waals surface area contributed by atoms with E-state index >= 15 is 0 Å². The molecule has 0 aromatic heterocycles. The van der Waals surface area contributed by atoms with Gasteiger partial charge in [0.2, 0.25) is 11.8 Å². The van der Waals surface area contributed by atoms with Crippen LogP contribution in [0.5, 0.6) is 5.75 Å². The molecule has 0 spiro atoms. The van der Waals surface area contributed by atoms with Gasteiger partial charge < -0.3 is 15.0 Å². The lowest BCUT2D eigenvalue weighted by Gasteiger charge is -2.31. The van der Waals surface area contributed by atoms with Crippen LogP contribution in [0, 0.1) is 5.82 Å². The molecule has 3 aromatic carbocycles. The highest BCUT2D eigenvalue weighted by Crippen LogP contribution is 2.26. The molecule has 0 fully saturated rings. The minimum Gasteiger partial charge on any atom is -0.494 e. The van der Waals surface area contributed by atoms with Crippen molar-refractivity contribution in [2.45, 2.75) is 31.3 Å². The van der Waals surface area contributed by atoms with Gasteiger partial charge in [0, 0.05) is 18.1 Å². The molecule has 0 unspecified atom stereocenters. The molecule has 202 valence electrons. The smallest absolute Gasteiger partial charge is 0.264 e. The number of hydrogen-bond donors (Lipinski definition) is 1. The van der Waals surface area contributed by atoms with Gasteiger partial charge in [-0.2, -0.15) is 0 Å². The van der Waals surface area contributed by atoms with Crippen LogP contribution in [-0.2, 0) is 26.2 Å². The molecular formula is C27H29BrFN3O5S. The van der Waals surface area contributed by atoms with E-state index in [0.29, 0.717) is 12.4 Å². The van der Waals surface area contributed by atoms with E-state index in [2.05, 4.69) is 21.2 Å². The molecule has 11 heteroatoms. The van der Waals surface area contributed by atoms with Crippen LogP contribution in [0.25, 0.3) is 0 Å². The summed E-state index contributed by atoms with van der Waals surface area (Å²) in [4.78, 5) is 27.4. The van der Waals surface area contributed by atoms with Crippen molar-refractivity contribution < 1.29 is 27.1 Å². The number of carbonyl (C=O) groups excluding carboxylic acids is 2. The van der Waals surface area contributed by atoms with Crippen LogP contribution in [-0.4, -0.2) is 51.4 Å². The molecule has 0 heterocycles. The van der Waals surface area contributed by atoms with Gasteiger partial charge in [-0.25, -0.2) is 12.8 Å². The summed E-state index contributed by atoms with van der Waals surface area (Å²) in [6.07, 6.45) is 0. The number of nitrogens with one attached hydrogen (secondary N) is 1. The van der Waals surface area contributed by atoms with Crippen LogP contribution < -0.4 is 14.4 Å². The second-order valence-corrected chi connectivity index (χ2v) is 11.1. The predicted octanol–water partition coefficient (Wildman–Crippen LogP) is 4.35. The van der Waals surface area contributed by atoms with Crippen LogP contribution in [0.1, 0.15) is 19.4 Å². The van der Waals surface area contributed by atoms with E-state index < -0.39 is 40.2 Å². The first-order valence-corrected chi connectivity index (χ1v) is 14.1. The van der Waals surface area contributed by atoms with Gasteiger partial charge in [0.15, 0.2) is 0 Å². The zero-order chi connectivity index (χ0) is 27.9. The molecule has 3 rings (SSSR count). The van der Waals surface area contributed by atoms with Crippen LogP contribution in [0.3, 0.4) is 0 Å². The molecule has 8 nitrogen and oxygen atoms in total. The van der Waals surface area contributed by atoms with Gasteiger partial charge in [-0.05, 0) is 80.1 Å². The standard InChI is InChI=1S/C27H29BrFN3O5S/c1-4-37-24-13-15-25(16-14-24)38(35,36)32(23-11-9-22(29)10-12-23)18-26(33)31(19(2)27(34)30-3)17-20-5-7-21(28)8-6-20/h5-16,19H,4,17-18H2,1-3H3,(H,30,34)/t19-/m1/s1.